The van der Waals surface area contributed by atoms with Crippen LogP contribution in [0.4, 0.5) is 11.4 Å². The maximum atomic E-state index is 12.3. The zero-order valence-electron chi connectivity index (χ0n) is 15.3. The summed E-state index contributed by atoms with van der Waals surface area (Å²) in [5.41, 5.74) is 3.70. The quantitative estimate of drug-likeness (QED) is 0.364. The fourth-order valence-electron chi connectivity index (χ4n) is 2.51. The van der Waals surface area contributed by atoms with Gasteiger partial charge in [0, 0.05) is 11.8 Å². The number of carbonyl (C=O) groups excluding carboxylic acids is 2. The smallest absolute Gasteiger partial charge is 0.282 e. The van der Waals surface area contributed by atoms with E-state index in [1.54, 1.807) is 43.3 Å². The number of hydrazone groups is 1. The van der Waals surface area contributed by atoms with Crippen molar-refractivity contribution in [2.45, 2.75) is 6.92 Å². The van der Waals surface area contributed by atoms with Gasteiger partial charge in [0.25, 0.3) is 17.5 Å². The second-order valence-corrected chi connectivity index (χ2v) is 6.87. The Labute approximate surface area is 170 Å². The van der Waals surface area contributed by atoms with Crippen molar-refractivity contribution in [3.63, 3.8) is 0 Å². The van der Waals surface area contributed by atoms with Crippen LogP contribution in [0.2, 0.25) is 0 Å². The van der Waals surface area contributed by atoms with E-state index in [2.05, 4.69) is 15.8 Å². The number of nitro groups is 1. The van der Waals surface area contributed by atoms with E-state index in [-0.39, 0.29) is 17.2 Å². The van der Waals surface area contributed by atoms with Crippen molar-refractivity contribution in [2.24, 2.45) is 5.10 Å². The van der Waals surface area contributed by atoms with Gasteiger partial charge >= 0.3 is 0 Å². The van der Waals surface area contributed by atoms with E-state index in [1.165, 1.54) is 35.6 Å². The number of nitrogens with zero attached hydrogens (tertiary/aromatic N) is 2. The third-order valence-electron chi connectivity index (χ3n) is 3.95. The molecule has 0 saturated carbocycles. The predicted octanol–water partition coefficient (Wildman–Crippen LogP) is 4.06. The minimum absolute atomic E-state index is 0.0778. The Morgan fingerprint density at radius 3 is 2.55 bits per heavy atom. The average Bonchev–Trinajstić information content (AvgIpc) is 3.27. The molecule has 8 nitrogen and oxygen atoms in total. The molecule has 1 aromatic heterocycles. The van der Waals surface area contributed by atoms with Gasteiger partial charge in [0.1, 0.15) is 5.56 Å². The van der Waals surface area contributed by atoms with E-state index in [9.17, 15) is 19.7 Å². The first-order chi connectivity index (χ1) is 14.0. The molecule has 3 rings (SSSR count). The van der Waals surface area contributed by atoms with Gasteiger partial charge < -0.3 is 5.32 Å². The number of carbonyl (C=O) groups is 2. The number of hydrogen-bond donors (Lipinski definition) is 2. The molecule has 0 unspecified atom stereocenters. The van der Waals surface area contributed by atoms with E-state index in [1.807, 2.05) is 5.38 Å². The highest BCUT2D eigenvalue weighted by atomic mass is 32.1. The first-order valence-corrected chi connectivity index (χ1v) is 9.37. The van der Waals surface area contributed by atoms with Crippen molar-refractivity contribution >= 4 is 40.2 Å². The molecule has 2 aromatic carbocycles. The monoisotopic (exact) mass is 408 g/mol. The molecule has 0 aliphatic heterocycles. The maximum absolute atomic E-state index is 12.3. The molecule has 9 heteroatoms. The maximum Gasteiger partial charge on any atom is 0.282 e. The van der Waals surface area contributed by atoms with Crippen molar-refractivity contribution in [2.75, 3.05) is 5.32 Å². The van der Waals surface area contributed by atoms with Gasteiger partial charge in [-0.25, -0.2) is 5.43 Å². The molecule has 1 heterocycles. The molecule has 0 bridgehead atoms. The van der Waals surface area contributed by atoms with E-state index >= 15 is 0 Å². The fraction of sp³-hybridized carbons (Fsp3) is 0.0500. The lowest BCUT2D eigenvalue weighted by molar-refractivity contribution is -0.385. The topological polar surface area (TPSA) is 114 Å². The first kappa shape index (κ1) is 19.9. The van der Waals surface area contributed by atoms with Crippen LogP contribution in [0.15, 0.2) is 71.1 Å². The number of para-hydroxylation sites is 1. The Hall–Kier alpha value is -3.85. The molecule has 146 valence electrons. The van der Waals surface area contributed by atoms with Gasteiger partial charge in [-0.05, 0) is 42.1 Å². The number of hydrogen-bond acceptors (Lipinski definition) is 6. The number of amides is 2. The summed E-state index contributed by atoms with van der Waals surface area (Å²) in [6.45, 7) is 1.68. The highest BCUT2D eigenvalue weighted by Gasteiger charge is 2.18. The van der Waals surface area contributed by atoms with Gasteiger partial charge in [0.2, 0.25) is 0 Å². The molecule has 0 spiro atoms. The van der Waals surface area contributed by atoms with Crippen LogP contribution in [0.5, 0.6) is 0 Å². The molecule has 0 radical (unpaired) electrons. The molecular formula is C20H16N4O4S. The summed E-state index contributed by atoms with van der Waals surface area (Å²) in [6, 6.07) is 16.2. The van der Waals surface area contributed by atoms with Crippen LogP contribution < -0.4 is 10.7 Å². The van der Waals surface area contributed by atoms with E-state index in [0.29, 0.717) is 21.8 Å². The largest absolute Gasteiger partial charge is 0.321 e. The Kier molecular flexibility index (Phi) is 6.10. The van der Waals surface area contributed by atoms with Crippen molar-refractivity contribution in [3.8, 4) is 0 Å². The summed E-state index contributed by atoms with van der Waals surface area (Å²) in [7, 11) is 0. The molecule has 0 atom stereocenters. The van der Waals surface area contributed by atoms with Crippen LogP contribution in [0, 0.1) is 10.1 Å². The zero-order valence-corrected chi connectivity index (χ0v) is 16.1. The van der Waals surface area contributed by atoms with Gasteiger partial charge in [0.05, 0.1) is 15.5 Å². The number of nitrogens with one attached hydrogen (secondary N) is 2. The summed E-state index contributed by atoms with van der Waals surface area (Å²) >= 11 is 1.34. The summed E-state index contributed by atoms with van der Waals surface area (Å²) in [5, 5.41) is 19.7. The molecule has 29 heavy (non-hydrogen) atoms. The second kappa shape index (κ2) is 8.89. The van der Waals surface area contributed by atoms with E-state index < -0.39 is 10.8 Å². The van der Waals surface area contributed by atoms with Crippen LogP contribution in [-0.2, 0) is 0 Å². The first-order valence-electron chi connectivity index (χ1n) is 8.49. The highest BCUT2D eigenvalue weighted by molar-refractivity contribution is 7.12. The Balaban J connectivity index is 1.72. The molecule has 2 amide bonds. The van der Waals surface area contributed by atoms with Gasteiger partial charge in [-0.3, -0.25) is 19.7 Å². The van der Waals surface area contributed by atoms with Gasteiger partial charge in [0.15, 0.2) is 0 Å². The van der Waals surface area contributed by atoms with E-state index in [4.69, 9.17) is 0 Å². The minimum Gasteiger partial charge on any atom is -0.321 e. The summed E-state index contributed by atoms with van der Waals surface area (Å²) in [5.74, 6) is -0.893. The van der Waals surface area contributed by atoms with E-state index in [0.717, 1.165) is 0 Å². The lowest BCUT2D eigenvalue weighted by atomic mass is 10.1. The summed E-state index contributed by atoms with van der Waals surface area (Å²) in [6.07, 6.45) is 0. The lowest BCUT2D eigenvalue weighted by Gasteiger charge is -2.07. The third-order valence-corrected chi connectivity index (χ3v) is 4.82. The Bertz CT molecular complexity index is 1090. The highest BCUT2D eigenvalue weighted by Crippen LogP contribution is 2.18. The van der Waals surface area contributed by atoms with Crippen molar-refractivity contribution in [1.82, 2.24) is 5.43 Å². The van der Waals surface area contributed by atoms with Gasteiger partial charge in [-0.2, -0.15) is 5.10 Å². The van der Waals surface area contributed by atoms with Crippen LogP contribution in [0.1, 0.15) is 32.5 Å². The van der Waals surface area contributed by atoms with Crippen molar-refractivity contribution in [3.05, 3.63) is 92.2 Å². The number of nitro benzene ring substituents is 1. The van der Waals surface area contributed by atoms with Crippen LogP contribution in [0.3, 0.4) is 0 Å². The number of benzene rings is 2. The summed E-state index contributed by atoms with van der Waals surface area (Å²) in [4.78, 5) is 35.5. The average molecular weight is 408 g/mol. The molecular weight excluding hydrogens is 392 g/mol. The molecule has 3 aromatic rings. The Morgan fingerprint density at radius 2 is 1.83 bits per heavy atom. The fourth-order valence-corrected chi connectivity index (χ4v) is 3.13. The van der Waals surface area contributed by atoms with Crippen molar-refractivity contribution < 1.29 is 14.5 Å². The zero-order chi connectivity index (χ0) is 20.8. The van der Waals surface area contributed by atoms with Crippen molar-refractivity contribution in [1.29, 1.82) is 0 Å². The normalized spacial score (nSPS) is 11.0. The SMILES string of the molecule is C/C(=N\NC(=O)c1ccccc1[N+](=O)[O-])c1cccc(NC(=O)c2cccs2)c1. The molecule has 0 fully saturated rings. The van der Waals surface area contributed by atoms with Gasteiger partial charge in [-0.1, -0.05) is 30.3 Å². The third kappa shape index (κ3) is 4.90. The molecule has 0 aliphatic carbocycles. The molecule has 2 N–H and O–H groups in total. The van der Waals surface area contributed by atoms with Crippen LogP contribution in [0.25, 0.3) is 0 Å². The Morgan fingerprint density at radius 1 is 1.03 bits per heavy atom. The second-order valence-electron chi connectivity index (χ2n) is 5.92. The minimum atomic E-state index is -0.682. The lowest BCUT2D eigenvalue weighted by Crippen LogP contribution is -2.20. The van der Waals surface area contributed by atoms with Gasteiger partial charge in [-0.15, -0.1) is 11.3 Å². The number of anilines is 1. The molecule has 0 aliphatic rings. The predicted molar refractivity (Wildman–Crippen MR) is 111 cm³/mol. The standard InChI is InChI=1S/C20H16N4O4S/c1-13(22-23-19(25)16-8-2-3-9-17(16)24(27)28)14-6-4-7-15(12-14)21-20(26)18-10-5-11-29-18/h2-12H,1H3,(H,21,26)(H,23,25)/b22-13+. The number of thiophene rings is 1. The van der Waals surface area contributed by atoms with Crippen LogP contribution in [-0.4, -0.2) is 22.4 Å². The number of rotatable bonds is 6. The van der Waals surface area contributed by atoms with Crippen LogP contribution >= 0.6 is 11.3 Å². The summed E-state index contributed by atoms with van der Waals surface area (Å²) < 4.78 is 0. The molecule has 0 saturated heterocycles.